The number of nitrogens with two attached hydrogens (primary N) is 1. The highest BCUT2D eigenvalue weighted by molar-refractivity contribution is 5.64. The molecule has 0 aromatic rings. The van der Waals surface area contributed by atoms with Gasteiger partial charge in [-0.25, -0.2) is 4.79 Å². The first-order valence-corrected chi connectivity index (χ1v) is 2.87. The molecule has 0 unspecified atom stereocenters. The summed E-state index contributed by atoms with van der Waals surface area (Å²) in [5.41, 5.74) is 5.63. The van der Waals surface area contributed by atoms with Gasteiger partial charge in [-0.15, -0.1) is 0 Å². The molecule has 2 N–H and O–H groups in total. The van der Waals surface area contributed by atoms with Crippen molar-refractivity contribution in [3.05, 3.63) is 24.3 Å². The average Bonchev–Trinajstić information content (AvgIpc) is 1.85. The summed E-state index contributed by atoms with van der Waals surface area (Å²) in [6.45, 7) is 5.54. The second-order valence-corrected chi connectivity index (χ2v) is 1.86. The second kappa shape index (κ2) is 4.61. The lowest BCUT2D eigenvalue weighted by Crippen LogP contribution is -2.13. The molecule has 0 aliphatic rings. The van der Waals surface area contributed by atoms with Crippen molar-refractivity contribution in [2.24, 2.45) is 5.73 Å². The van der Waals surface area contributed by atoms with Crippen LogP contribution in [-0.2, 0) is 4.74 Å². The molecule has 0 aliphatic carbocycles. The molecule has 3 nitrogen and oxygen atoms in total. The van der Waals surface area contributed by atoms with E-state index in [9.17, 15) is 4.79 Å². The number of amides is 1. The van der Waals surface area contributed by atoms with Gasteiger partial charge in [-0.05, 0) is 12.5 Å². The number of hydrogen-bond donors (Lipinski definition) is 1. The fourth-order valence-electron chi connectivity index (χ4n) is 0.434. The third kappa shape index (κ3) is 4.90. The van der Waals surface area contributed by atoms with Crippen LogP contribution in [-0.4, -0.2) is 12.7 Å². The summed E-state index contributed by atoms with van der Waals surface area (Å²) in [6, 6.07) is 0. The number of carbonyl (C=O) groups excluding carboxylic acids is 1. The van der Waals surface area contributed by atoms with Gasteiger partial charge in [0.2, 0.25) is 0 Å². The van der Waals surface area contributed by atoms with Gasteiger partial charge < -0.3 is 10.5 Å². The molecular formula is C7H11NO2. The molecule has 0 radical (unpaired) electrons. The molecule has 0 spiro atoms. The molecule has 0 fully saturated rings. The van der Waals surface area contributed by atoms with Crippen LogP contribution in [0.3, 0.4) is 0 Å². The zero-order valence-electron chi connectivity index (χ0n) is 5.96. The molecule has 0 aliphatic heterocycles. The third-order valence-electron chi connectivity index (χ3n) is 0.844. The quantitative estimate of drug-likeness (QED) is 0.600. The van der Waals surface area contributed by atoms with Gasteiger partial charge in [-0.1, -0.05) is 18.7 Å². The van der Waals surface area contributed by atoms with Crippen molar-refractivity contribution in [2.45, 2.75) is 6.92 Å². The monoisotopic (exact) mass is 141 g/mol. The maximum absolute atomic E-state index is 10.1. The van der Waals surface area contributed by atoms with Crippen LogP contribution in [0.15, 0.2) is 24.3 Å². The number of rotatable bonds is 3. The van der Waals surface area contributed by atoms with Crippen LogP contribution in [0.4, 0.5) is 4.79 Å². The first-order chi connectivity index (χ1) is 4.66. The molecule has 0 aromatic heterocycles. The predicted octanol–water partition coefficient (Wildman–Crippen LogP) is 1.21. The first kappa shape index (κ1) is 8.75. The lowest BCUT2D eigenvalue weighted by Gasteiger charge is -1.98. The summed E-state index contributed by atoms with van der Waals surface area (Å²) < 4.78 is 4.48. The van der Waals surface area contributed by atoms with E-state index in [0.29, 0.717) is 0 Å². The van der Waals surface area contributed by atoms with Crippen LogP contribution >= 0.6 is 0 Å². The summed E-state index contributed by atoms with van der Waals surface area (Å²) in [4.78, 5) is 10.1. The molecule has 0 heterocycles. The van der Waals surface area contributed by atoms with Gasteiger partial charge in [0.1, 0.15) is 6.61 Å². The van der Waals surface area contributed by atoms with E-state index >= 15 is 0 Å². The number of allylic oxidation sites excluding steroid dienone is 2. The van der Waals surface area contributed by atoms with E-state index in [1.807, 2.05) is 6.92 Å². The number of ether oxygens (including phenoxy) is 1. The maximum Gasteiger partial charge on any atom is 0.404 e. The van der Waals surface area contributed by atoms with E-state index in [2.05, 4.69) is 11.3 Å². The summed E-state index contributed by atoms with van der Waals surface area (Å²) in [7, 11) is 0. The fourth-order valence-corrected chi connectivity index (χ4v) is 0.434. The Morgan fingerprint density at radius 3 is 2.80 bits per heavy atom. The maximum atomic E-state index is 10.1. The SMILES string of the molecule is C=C/C=C(\C)COC(N)=O. The molecule has 0 saturated heterocycles. The molecular weight excluding hydrogens is 130 g/mol. The van der Waals surface area contributed by atoms with Crippen molar-refractivity contribution in [3.8, 4) is 0 Å². The molecule has 0 bridgehead atoms. The summed E-state index contributed by atoms with van der Waals surface area (Å²) in [5.74, 6) is 0. The highest BCUT2D eigenvalue weighted by Crippen LogP contribution is 1.92. The minimum absolute atomic E-state index is 0.237. The molecule has 0 rings (SSSR count). The number of hydrogen-bond acceptors (Lipinski definition) is 2. The van der Waals surface area contributed by atoms with Crippen molar-refractivity contribution >= 4 is 6.09 Å². The van der Waals surface area contributed by atoms with Gasteiger partial charge in [0.25, 0.3) is 0 Å². The molecule has 10 heavy (non-hydrogen) atoms. The van der Waals surface area contributed by atoms with Crippen molar-refractivity contribution in [2.75, 3.05) is 6.61 Å². The van der Waals surface area contributed by atoms with Gasteiger partial charge in [0, 0.05) is 0 Å². The van der Waals surface area contributed by atoms with Crippen molar-refractivity contribution in [3.63, 3.8) is 0 Å². The topological polar surface area (TPSA) is 52.3 Å². The fraction of sp³-hybridized carbons (Fsp3) is 0.286. The van der Waals surface area contributed by atoms with Gasteiger partial charge in [0.15, 0.2) is 0 Å². The normalized spacial score (nSPS) is 10.7. The van der Waals surface area contributed by atoms with Gasteiger partial charge in [0.05, 0.1) is 0 Å². The Kier molecular flexibility index (Phi) is 4.04. The Labute approximate surface area is 60.2 Å². The van der Waals surface area contributed by atoms with Gasteiger partial charge >= 0.3 is 6.09 Å². The van der Waals surface area contributed by atoms with E-state index < -0.39 is 6.09 Å². The van der Waals surface area contributed by atoms with E-state index in [-0.39, 0.29) is 6.61 Å². The van der Waals surface area contributed by atoms with Crippen LogP contribution in [0, 0.1) is 0 Å². The second-order valence-electron chi connectivity index (χ2n) is 1.86. The Morgan fingerprint density at radius 1 is 1.80 bits per heavy atom. The van der Waals surface area contributed by atoms with Gasteiger partial charge in [-0.2, -0.15) is 0 Å². The predicted molar refractivity (Wildman–Crippen MR) is 39.5 cm³/mol. The standard InChI is InChI=1S/C7H11NO2/c1-3-4-6(2)5-10-7(8)9/h3-4H,1,5H2,2H3,(H2,8,9)/b6-4+. The van der Waals surface area contributed by atoms with E-state index in [4.69, 9.17) is 5.73 Å². The number of carbonyl (C=O) groups is 1. The average molecular weight is 141 g/mol. The van der Waals surface area contributed by atoms with E-state index in [1.165, 1.54) is 0 Å². The Morgan fingerprint density at radius 2 is 2.40 bits per heavy atom. The van der Waals surface area contributed by atoms with Crippen molar-refractivity contribution < 1.29 is 9.53 Å². The summed E-state index contributed by atoms with van der Waals surface area (Å²) >= 11 is 0. The molecule has 0 atom stereocenters. The van der Waals surface area contributed by atoms with E-state index in [1.54, 1.807) is 12.2 Å². The zero-order chi connectivity index (χ0) is 7.98. The Bertz CT molecular complexity index is 161. The van der Waals surface area contributed by atoms with Crippen molar-refractivity contribution in [1.82, 2.24) is 0 Å². The third-order valence-corrected chi connectivity index (χ3v) is 0.844. The van der Waals surface area contributed by atoms with Crippen LogP contribution in [0.5, 0.6) is 0 Å². The minimum atomic E-state index is -0.753. The summed E-state index contributed by atoms with van der Waals surface area (Å²) in [5, 5.41) is 0. The Hall–Kier alpha value is -1.25. The van der Waals surface area contributed by atoms with Crippen LogP contribution < -0.4 is 5.73 Å². The van der Waals surface area contributed by atoms with Gasteiger partial charge in [-0.3, -0.25) is 0 Å². The highest BCUT2D eigenvalue weighted by Gasteiger charge is 1.92. The minimum Gasteiger partial charge on any atom is -0.445 e. The molecule has 56 valence electrons. The number of primary amides is 1. The smallest absolute Gasteiger partial charge is 0.404 e. The largest absolute Gasteiger partial charge is 0.445 e. The molecule has 1 amide bonds. The van der Waals surface area contributed by atoms with E-state index in [0.717, 1.165) is 5.57 Å². The Balaban J connectivity index is 3.58. The van der Waals surface area contributed by atoms with Crippen LogP contribution in [0.1, 0.15) is 6.92 Å². The molecule has 3 heteroatoms. The molecule has 0 aromatic carbocycles. The lowest BCUT2D eigenvalue weighted by atomic mass is 10.3. The molecule has 0 saturated carbocycles. The highest BCUT2D eigenvalue weighted by atomic mass is 16.5. The van der Waals surface area contributed by atoms with Crippen molar-refractivity contribution in [1.29, 1.82) is 0 Å². The first-order valence-electron chi connectivity index (χ1n) is 2.87. The van der Waals surface area contributed by atoms with Crippen LogP contribution in [0.2, 0.25) is 0 Å². The van der Waals surface area contributed by atoms with Crippen LogP contribution in [0.25, 0.3) is 0 Å². The summed E-state index contributed by atoms with van der Waals surface area (Å²) in [6.07, 6.45) is 2.62. The zero-order valence-corrected chi connectivity index (χ0v) is 5.96. The lowest BCUT2D eigenvalue weighted by molar-refractivity contribution is 0.166.